The molecular formula is C13H9N5O8S2. The molecule has 0 spiro atoms. The SMILES string of the molecule is O=[N+]([O-])c1ccc(-[n+]2[nH]nnc2-c2ccc(S(=O)(=O)O)cc2S(=O)(=O)[O-])cc1. The first kappa shape index (κ1) is 19.5. The van der Waals surface area contributed by atoms with E-state index in [1.807, 2.05) is 0 Å². The highest BCUT2D eigenvalue weighted by molar-refractivity contribution is 7.86. The summed E-state index contributed by atoms with van der Waals surface area (Å²) in [6, 6.07) is 7.35. The molecule has 0 saturated heterocycles. The zero-order chi connectivity index (χ0) is 20.7. The van der Waals surface area contributed by atoms with E-state index in [0.29, 0.717) is 6.07 Å². The average Bonchev–Trinajstić information content (AvgIpc) is 3.09. The van der Waals surface area contributed by atoms with E-state index < -0.39 is 35.0 Å². The molecule has 0 unspecified atom stereocenters. The van der Waals surface area contributed by atoms with Gasteiger partial charge in [-0.05, 0) is 30.3 Å². The summed E-state index contributed by atoms with van der Waals surface area (Å²) in [5.41, 5.74) is -0.230. The topological polar surface area (TPSA) is 200 Å². The lowest BCUT2D eigenvalue weighted by Crippen LogP contribution is -2.35. The van der Waals surface area contributed by atoms with Crippen LogP contribution in [0.4, 0.5) is 5.69 Å². The number of hydrogen-bond donors (Lipinski definition) is 2. The van der Waals surface area contributed by atoms with Crippen LogP contribution in [0.25, 0.3) is 17.1 Å². The zero-order valence-electron chi connectivity index (χ0n) is 13.5. The molecule has 1 heterocycles. The second kappa shape index (κ2) is 6.71. The van der Waals surface area contributed by atoms with E-state index in [0.717, 1.165) is 16.8 Å². The molecule has 0 aliphatic rings. The molecule has 0 amide bonds. The van der Waals surface area contributed by atoms with E-state index in [9.17, 15) is 31.5 Å². The van der Waals surface area contributed by atoms with Crippen LogP contribution in [0.2, 0.25) is 0 Å². The summed E-state index contributed by atoms with van der Waals surface area (Å²) in [5, 5.41) is 20.4. The van der Waals surface area contributed by atoms with Crippen molar-refractivity contribution in [1.29, 1.82) is 0 Å². The van der Waals surface area contributed by atoms with Crippen molar-refractivity contribution < 1.29 is 35.5 Å². The highest BCUT2D eigenvalue weighted by Crippen LogP contribution is 2.27. The molecular weight excluding hydrogens is 418 g/mol. The quantitative estimate of drug-likeness (QED) is 0.238. The number of aromatic amines is 1. The number of non-ortho nitro benzene ring substituents is 1. The van der Waals surface area contributed by atoms with Gasteiger partial charge in [0, 0.05) is 12.1 Å². The van der Waals surface area contributed by atoms with Gasteiger partial charge in [-0.3, -0.25) is 14.7 Å². The zero-order valence-corrected chi connectivity index (χ0v) is 15.1. The minimum Gasteiger partial charge on any atom is -0.744 e. The van der Waals surface area contributed by atoms with Crippen molar-refractivity contribution >= 4 is 25.9 Å². The second-order valence-corrected chi connectivity index (χ2v) is 8.09. The van der Waals surface area contributed by atoms with Gasteiger partial charge in [-0.2, -0.15) is 8.42 Å². The van der Waals surface area contributed by atoms with E-state index >= 15 is 0 Å². The Hall–Kier alpha value is -3.27. The summed E-state index contributed by atoms with van der Waals surface area (Å²) in [6.07, 6.45) is 0. The van der Waals surface area contributed by atoms with Gasteiger partial charge in [0.2, 0.25) is 0 Å². The Morgan fingerprint density at radius 3 is 2.25 bits per heavy atom. The van der Waals surface area contributed by atoms with Crippen LogP contribution in [-0.4, -0.2) is 46.4 Å². The van der Waals surface area contributed by atoms with E-state index in [-0.39, 0.29) is 22.8 Å². The highest BCUT2D eigenvalue weighted by atomic mass is 32.2. The predicted octanol–water partition coefficient (Wildman–Crippen LogP) is -0.193. The standard InChI is InChI=1S/C13H9N5O8S2/c19-18(20)9-3-1-8(2-4-9)17-13(14-15-16-17)11-6-5-10(27(21,22)23)7-12(11)28(24,25)26/h1-7H,(H2,21,22,23,24,25,26). The lowest BCUT2D eigenvalue weighted by molar-refractivity contribution is -0.649. The lowest BCUT2D eigenvalue weighted by atomic mass is 10.2. The number of aromatic nitrogens is 4. The number of nitro groups is 1. The fraction of sp³-hybridized carbons (Fsp3) is 0. The lowest BCUT2D eigenvalue weighted by Gasteiger charge is -2.11. The third-order valence-corrected chi connectivity index (χ3v) is 5.31. The third kappa shape index (κ3) is 3.72. The molecule has 0 radical (unpaired) electrons. The number of nitrogens with one attached hydrogen (secondary N) is 1. The first-order valence-corrected chi connectivity index (χ1v) is 9.99. The molecule has 2 aromatic carbocycles. The Labute approximate surface area is 156 Å². The molecule has 3 aromatic rings. The van der Waals surface area contributed by atoms with Gasteiger partial charge in [-0.15, -0.1) is 4.68 Å². The number of nitro benzene ring substituents is 1. The van der Waals surface area contributed by atoms with Crippen molar-refractivity contribution in [2.75, 3.05) is 0 Å². The summed E-state index contributed by atoms with van der Waals surface area (Å²) in [7, 11) is -9.93. The number of tetrazole rings is 1. The number of hydrogen-bond acceptors (Lipinski definition) is 9. The second-order valence-electron chi connectivity index (χ2n) is 5.32. The van der Waals surface area contributed by atoms with Crippen LogP contribution in [0.15, 0.2) is 52.3 Å². The first-order chi connectivity index (χ1) is 13.0. The first-order valence-electron chi connectivity index (χ1n) is 7.14. The van der Waals surface area contributed by atoms with Crippen LogP contribution in [0.1, 0.15) is 0 Å². The van der Waals surface area contributed by atoms with Crippen LogP contribution in [0.3, 0.4) is 0 Å². The van der Waals surface area contributed by atoms with Crippen molar-refractivity contribution in [2.24, 2.45) is 0 Å². The molecule has 1 aromatic heterocycles. The van der Waals surface area contributed by atoms with Gasteiger partial charge >= 0.3 is 5.82 Å². The molecule has 13 nitrogen and oxygen atoms in total. The molecule has 28 heavy (non-hydrogen) atoms. The van der Waals surface area contributed by atoms with Gasteiger partial charge in [-0.25, -0.2) is 8.42 Å². The molecule has 0 saturated carbocycles. The average molecular weight is 427 g/mol. The van der Waals surface area contributed by atoms with Gasteiger partial charge in [0.1, 0.15) is 20.9 Å². The summed E-state index contributed by atoms with van der Waals surface area (Å²) >= 11 is 0. The normalized spacial score (nSPS) is 12.1. The summed E-state index contributed by atoms with van der Waals surface area (Å²) in [5.74, 6) is -0.190. The van der Waals surface area contributed by atoms with Gasteiger partial charge in [-0.1, -0.05) is 5.21 Å². The molecule has 15 heteroatoms. The smallest absolute Gasteiger partial charge is 0.338 e. The Morgan fingerprint density at radius 1 is 1.07 bits per heavy atom. The number of benzene rings is 2. The van der Waals surface area contributed by atoms with Crippen LogP contribution in [0, 0.1) is 10.1 Å². The van der Waals surface area contributed by atoms with Gasteiger partial charge in [0.15, 0.2) is 5.21 Å². The van der Waals surface area contributed by atoms with E-state index in [1.54, 1.807) is 0 Å². The van der Waals surface area contributed by atoms with Crippen molar-refractivity contribution in [3.63, 3.8) is 0 Å². The van der Waals surface area contributed by atoms with Crippen LogP contribution < -0.4 is 4.68 Å². The van der Waals surface area contributed by atoms with Crippen LogP contribution in [0.5, 0.6) is 0 Å². The van der Waals surface area contributed by atoms with E-state index in [2.05, 4.69) is 15.5 Å². The number of nitrogens with zero attached hydrogens (tertiary/aromatic N) is 4. The summed E-state index contributed by atoms with van der Waals surface area (Å²) in [6.45, 7) is 0. The van der Waals surface area contributed by atoms with Crippen molar-refractivity contribution in [3.8, 4) is 17.1 Å². The molecule has 2 N–H and O–H groups in total. The Morgan fingerprint density at radius 2 is 1.71 bits per heavy atom. The molecule has 0 aliphatic heterocycles. The van der Waals surface area contributed by atoms with Crippen LogP contribution in [-0.2, 0) is 20.2 Å². The minimum atomic E-state index is -5.17. The largest absolute Gasteiger partial charge is 0.744 e. The maximum atomic E-state index is 11.6. The van der Waals surface area contributed by atoms with Gasteiger partial charge in [0.05, 0.1) is 20.3 Å². The summed E-state index contributed by atoms with van der Waals surface area (Å²) < 4.78 is 67.6. The van der Waals surface area contributed by atoms with Gasteiger partial charge in [0.25, 0.3) is 15.8 Å². The molecule has 0 atom stereocenters. The predicted molar refractivity (Wildman–Crippen MR) is 87.8 cm³/mol. The van der Waals surface area contributed by atoms with E-state index in [4.69, 9.17) is 4.55 Å². The maximum absolute atomic E-state index is 11.6. The monoisotopic (exact) mass is 427 g/mol. The fourth-order valence-corrected chi connectivity index (χ4v) is 3.62. The fourth-order valence-electron chi connectivity index (χ4n) is 2.34. The minimum absolute atomic E-state index is 0.190. The molecule has 3 rings (SSSR count). The molecule has 0 bridgehead atoms. The number of H-pyrrole nitrogens is 1. The maximum Gasteiger partial charge on any atom is 0.338 e. The van der Waals surface area contributed by atoms with E-state index in [1.165, 1.54) is 24.3 Å². The summed E-state index contributed by atoms with van der Waals surface area (Å²) in [4.78, 5) is 8.39. The van der Waals surface area contributed by atoms with Gasteiger partial charge < -0.3 is 4.55 Å². The van der Waals surface area contributed by atoms with Crippen molar-refractivity contribution in [3.05, 3.63) is 52.6 Å². The third-order valence-electron chi connectivity index (χ3n) is 3.58. The van der Waals surface area contributed by atoms with Crippen LogP contribution >= 0.6 is 0 Å². The molecule has 0 aliphatic carbocycles. The number of rotatable bonds is 5. The van der Waals surface area contributed by atoms with Crippen molar-refractivity contribution in [1.82, 2.24) is 15.5 Å². The Balaban J connectivity index is 2.21. The molecule has 146 valence electrons. The highest BCUT2D eigenvalue weighted by Gasteiger charge is 2.26. The van der Waals surface area contributed by atoms with Crippen molar-refractivity contribution in [2.45, 2.75) is 9.79 Å². The molecule has 0 fully saturated rings. The Bertz CT molecular complexity index is 1280. The Kier molecular flexibility index (Phi) is 4.67.